The van der Waals surface area contributed by atoms with Crippen LogP contribution in [0.5, 0.6) is 0 Å². The maximum absolute atomic E-state index is 11.8. The van der Waals surface area contributed by atoms with E-state index >= 15 is 0 Å². The van der Waals surface area contributed by atoms with E-state index in [2.05, 4.69) is 30.6 Å². The first-order valence-corrected chi connectivity index (χ1v) is 6.50. The van der Waals surface area contributed by atoms with Gasteiger partial charge in [-0.15, -0.1) is 0 Å². The zero-order valence-corrected chi connectivity index (χ0v) is 12.0. The first-order valence-electron chi connectivity index (χ1n) is 6.50. The first-order chi connectivity index (χ1) is 8.93. The van der Waals surface area contributed by atoms with Crippen molar-refractivity contribution >= 4 is 5.91 Å². The molecule has 0 bridgehead atoms. The molecule has 0 aliphatic heterocycles. The van der Waals surface area contributed by atoms with E-state index in [9.17, 15) is 4.79 Å². The van der Waals surface area contributed by atoms with Crippen molar-refractivity contribution in [2.24, 2.45) is 13.0 Å². The van der Waals surface area contributed by atoms with Crippen LogP contribution in [-0.2, 0) is 18.4 Å². The number of nitrogens with zero attached hydrogens (tertiary/aromatic N) is 2. The van der Waals surface area contributed by atoms with Crippen molar-refractivity contribution < 1.29 is 4.79 Å². The summed E-state index contributed by atoms with van der Waals surface area (Å²) in [6.07, 6.45) is 1.89. The molecule has 0 saturated heterocycles. The predicted octanol–water partition coefficient (Wildman–Crippen LogP) is 1.15. The van der Waals surface area contributed by atoms with Gasteiger partial charge in [-0.25, -0.2) is 0 Å². The van der Waals surface area contributed by atoms with Crippen molar-refractivity contribution in [3.8, 4) is 6.07 Å². The van der Waals surface area contributed by atoms with Gasteiger partial charge in [0.15, 0.2) is 0 Å². The van der Waals surface area contributed by atoms with E-state index in [0.29, 0.717) is 24.7 Å². The number of amides is 1. The van der Waals surface area contributed by atoms with Crippen LogP contribution in [0.3, 0.4) is 0 Å². The third-order valence-corrected chi connectivity index (χ3v) is 2.87. The molecule has 1 heterocycles. The summed E-state index contributed by atoms with van der Waals surface area (Å²) in [7, 11) is 1.83. The van der Waals surface area contributed by atoms with Crippen molar-refractivity contribution in [1.82, 2.24) is 15.2 Å². The van der Waals surface area contributed by atoms with Gasteiger partial charge in [-0.05, 0) is 24.5 Å². The van der Waals surface area contributed by atoms with Crippen LogP contribution >= 0.6 is 0 Å². The van der Waals surface area contributed by atoms with Gasteiger partial charge in [0.2, 0.25) is 5.91 Å². The summed E-state index contributed by atoms with van der Waals surface area (Å²) in [5, 5.41) is 14.9. The fraction of sp³-hybridized carbons (Fsp3) is 0.571. The Kier molecular flexibility index (Phi) is 5.58. The lowest BCUT2D eigenvalue weighted by Crippen LogP contribution is -2.42. The molecule has 2 N–H and O–H groups in total. The van der Waals surface area contributed by atoms with Crippen LogP contribution in [0.25, 0.3) is 0 Å². The SMILES string of the molecule is CC(C)CNC(=O)C(C)NCc1cc(C#N)n(C)c1. The van der Waals surface area contributed by atoms with Gasteiger partial charge in [0, 0.05) is 26.3 Å². The molecule has 0 radical (unpaired) electrons. The third-order valence-electron chi connectivity index (χ3n) is 2.87. The van der Waals surface area contributed by atoms with Crippen molar-refractivity contribution in [3.63, 3.8) is 0 Å². The smallest absolute Gasteiger partial charge is 0.236 e. The lowest BCUT2D eigenvalue weighted by atomic mass is 10.2. The highest BCUT2D eigenvalue weighted by atomic mass is 16.2. The summed E-state index contributed by atoms with van der Waals surface area (Å²) in [6.45, 7) is 7.22. The zero-order chi connectivity index (χ0) is 14.4. The monoisotopic (exact) mass is 262 g/mol. The number of hydrogen-bond donors (Lipinski definition) is 2. The molecule has 1 aromatic heterocycles. The molecule has 5 nitrogen and oxygen atoms in total. The van der Waals surface area contributed by atoms with Gasteiger partial charge in [-0.3, -0.25) is 4.79 Å². The van der Waals surface area contributed by atoms with Gasteiger partial charge in [0.1, 0.15) is 11.8 Å². The molecule has 1 rings (SSSR count). The molecular weight excluding hydrogens is 240 g/mol. The molecule has 0 aromatic carbocycles. The number of aryl methyl sites for hydroxylation is 1. The van der Waals surface area contributed by atoms with Gasteiger partial charge in [0.05, 0.1) is 6.04 Å². The minimum Gasteiger partial charge on any atom is -0.354 e. The molecule has 1 atom stereocenters. The maximum Gasteiger partial charge on any atom is 0.236 e. The second-order valence-corrected chi connectivity index (χ2v) is 5.20. The fourth-order valence-corrected chi connectivity index (χ4v) is 1.66. The molecule has 1 unspecified atom stereocenters. The van der Waals surface area contributed by atoms with Crippen molar-refractivity contribution in [2.45, 2.75) is 33.4 Å². The third kappa shape index (κ3) is 4.76. The van der Waals surface area contributed by atoms with Crippen LogP contribution < -0.4 is 10.6 Å². The van der Waals surface area contributed by atoms with E-state index in [4.69, 9.17) is 5.26 Å². The highest BCUT2D eigenvalue weighted by Crippen LogP contribution is 2.06. The van der Waals surface area contributed by atoms with E-state index in [1.807, 2.05) is 26.2 Å². The molecule has 0 saturated carbocycles. The summed E-state index contributed by atoms with van der Waals surface area (Å²) >= 11 is 0. The topological polar surface area (TPSA) is 69.8 Å². The number of rotatable bonds is 6. The van der Waals surface area contributed by atoms with Gasteiger partial charge in [-0.1, -0.05) is 13.8 Å². The highest BCUT2D eigenvalue weighted by molar-refractivity contribution is 5.81. The molecule has 0 spiro atoms. The van der Waals surface area contributed by atoms with Crippen molar-refractivity contribution in [1.29, 1.82) is 5.26 Å². The van der Waals surface area contributed by atoms with Crippen LogP contribution in [0, 0.1) is 17.2 Å². The van der Waals surface area contributed by atoms with E-state index in [1.54, 1.807) is 4.57 Å². The second kappa shape index (κ2) is 6.95. The number of nitriles is 1. The number of hydrogen-bond acceptors (Lipinski definition) is 3. The molecule has 0 aliphatic rings. The quantitative estimate of drug-likeness (QED) is 0.808. The standard InChI is InChI=1S/C14H22N4O/c1-10(2)7-17-14(19)11(3)16-8-12-5-13(6-15)18(4)9-12/h5,9-11,16H,7-8H2,1-4H3,(H,17,19). The molecular formula is C14H22N4O. The number of nitrogens with one attached hydrogen (secondary N) is 2. The molecule has 0 fully saturated rings. The van der Waals surface area contributed by atoms with Crippen LogP contribution in [0.1, 0.15) is 32.0 Å². The van der Waals surface area contributed by atoms with E-state index in [-0.39, 0.29) is 11.9 Å². The number of carbonyl (C=O) groups excluding carboxylic acids is 1. The Balaban J connectivity index is 2.43. The van der Waals surface area contributed by atoms with Crippen molar-refractivity contribution in [2.75, 3.05) is 6.54 Å². The second-order valence-electron chi connectivity index (χ2n) is 5.20. The molecule has 1 amide bonds. The van der Waals surface area contributed by atoms with Crippen LogP contribution in [0.2, 0.25) is 0 Å². The Morgan fingerprint density at radius 3 is 2.68 bits per heavy atom. The zero-order valence-electron chi connectivity index (χ0n) is 12.0. The van der Waals surface area contributed by atoms with E-state index in [0.717, 1.165) is 5.56 Å². The Bertz CT molecular complexity index is 470. The fourth-order valence-electron chi connectivity index (χ4n) is 1.66. The lowest BCUT2D eigenvalue weighted by molar-refractivity contribution is -0.122. The van der Waals surface area contributed by atoms with E-state index in [1.165, 1.54) is 0 Å². The molecule has 104 valence electrons. The maximum atomic E-state index is 11.8. The Hall–Kier alpha value is -1.80. The Morgan fingerprint density at radius 2 is 2.16 bits per heavy atom. The van der Waals surface area contributed by atoms with Crippen LogP contribution in [0.15, 0.2) is 12.3 Å². The summed E-state index contributed by atoms with van der Waals surface area (Å²) in [5.41, 5.74) is 1.62. The normalized spacial score (nSPS) is 12.2. The van der Waals surface area contributed by atoms with Crippen LogP contribution in [-0.4, -0.2) is 23.1 Å². The number of aromatic nitrogens is 1. The molecule has 5 heteroatoms. The molecule has 19 heavy (non-hydrogen) atoms. The van der Waals surface area contributed by atoms with Gasteiger partial charge in [-0.2, -0.15) is 5.26 Å². The highest BCUT2D eigenvalue weighted by Gasteiger charge is 2.12. The summed E-state index contributed by atoms with van der Waals surface area (Å²) in [5.74, 6) is 0.452. The Morgan fingerprint density at radius 1 is 1.47 bits per heavy atom. The van der Waals surface area contributed by atoms with Crippen LogP contribution in [0.4, 0.5) is 0 Å². The van der Waals surface area contributed by atoms with Gasteiger partial charge >= 0.3 is 0 Å². The predicted molar refractivity (Wildman–Crippen MR) is 74.3 cm³/mol. The van der Waals surface area contributed by atoms with Gasteiger partial charge < -0.3 is 15.2 Å². The molecule has 0 aliphatic carbocycles. The van der Waals surface area contributed by atoms with Gasteiger partial charge in [0.25, 0.3) is 0 Å². The lowest BCUT2D eigenvalue weighted by Gasteiger charge is -2.14. The summed E-state index contributed by atoms with van der Waals surface area (Å²) < 4.78 is 1.78. The van der Waals surface area contributed by atoms with Crippen molar-refractivity contribution in [3.05, 3.63) is 23.5 Å². The molecule has 1 aromatic rings. The number of carbonyl (C=O) groups is 1. The summed E-state index contributed by atoms with van der Waals surface area (Å²) in [6, 6.07) is 3.69. The van der Waals surface area contributed by atoms with E-state index < -0.39 is 0 Å². The minimum absolute atomic E-state index is 0.00476. The first kappa shape index (κ1) is 15.3. The average Bonchev–Trinajstić information content (AvgIpc) is 2.73. The largest absolute Gasteiger partial charge is 0.354 e. The Labute approximate surface area is 114 Å². The average molecular weight is 262 g/mol. The minimum atomic E-state index is -0.246. The summed E-state index contributed by atoms with van der Waals surface area (Å²) in [4.78, 5) is 11.8.